The molecule has 0 aliphatic heterocycles. The molecule has 2 rings (SSSR count). The third-order valence-corrected chi connectivity index (χ3v) is 3.05. The number of thiazole rings is 1. The molecule has 0 N–H and O–H groups in total. The van der Waals surface area contributed by atoms with Gasteiger partial charge in [0, 0.05) is 0 Å². The van der Waals surface area contributed by atoms with Crippen molar-refractivity contribution < 1.29 is 0 Å². The molecule has 0 unspecified atom stereocenters. The summed E-state index contributed by atoms with van der Waals surface area (Å²) in [6, 6.07) is 6.36. The number of rotatable bonds is 2. The Balaban J connectivity index is 2.37. The van der Waals surface area contributed by atoms with Gasteiger partial charge in [0.2, 0.25) is 0 Å². The van der Waals surface area contributed by atoms with Crippen LogP contribution in [0.3, 0.4) is 0 Å². The number of fused-ring (bicyclic) bond motifs is 1. The Kier molecular flexibility index (Phi) is 2.97. The molecule has 0 spiro atoms. The van der Waals surface area contributed by atoms with E-state index in [0.717, 1.165) is 10.5 Å². The maximum Gasteiger partial charge on any atom is 0.0907 e. The Bertz CT molecular complexity index is 520. The monoisotopic (exact) mass is 215 g/mol. The maximum atomic E-state index is 4.43. The lowest BCUT2D eigenvalue weighted by atomic mass is 10.2. The van der Waals surface area contributed by atoms with Gasteiger partial charge in [-0.2, -0.15) is 0 Å². The first-order chi connectivity index (χ1) is 7.29. The van der Waals surface area contributed by atoms with Gasteiger partial charge in [0.15, 0.2) is 0 Å². The van der Waals surface area contributed by atoms with E-state index in [4.69, 9.17) is 0 Å². The second kappa shape index (κ2) is 4.41. The van der Waals surface area contributed by atoms with E-state index < -0.39 is 0 Å². The van der Waals surface area contributed by atoms with Crippen molar-refractivity contribution in [2.45, 2.75) is 13.8 Å². The van der Waals surface area contributed by atoms with Crippen molar-refractivity contribution in [1.82, 2.24) is 4.98 Å². The minimum atomic E-state index is 1.10. The number of aryl methyl sites for hydroxylation is 1. The van der Waals surface area contributed by atoms with Crippen LogP contribution in [0.4, 0.5) is 0 Å². The highest BCUT2D eigenvalue weighted by atomic mass is 32.1. The molecule has 0 amide bonds. The first kappa shape index (κ1) is 10.1. The summed E-state index contributed by atoms with van der Waals surface area (Å²) in [6.45, 7) is 4.06. The average Bonchev–Trinajstić information content (AvgIpc) is 2.57. The van der Waals surface area contributed by atoms with Gasteiger partial charge < -0.3 is 0 Å². The summed E-state index contributed by atoms with van der Waals surface area (Å²) in [5.41, 5.74) is 2.32. The Labute approximate surface area is 93.8 Å². The average molecular weight is 215 g/mol. The van der Waals surface area contributed by atoms with Gasteiger partial charge in [-0.25, -0.2) is 4.98 Å². The second-order valence-electron chi connectivity index (χ2n) is 3.34. The fourth-order valence-corrected chi connectivity index (χ4v) is 2.31. The summed E-state index contributed by atoms with van der Waals surface area (Å²) in [7, 11) is 0. The molecule has 0 fully saturated rings. The van der Waals surface area contributed by atoms with E-state index in [2.05, 4.69) is 35.3 Å². The highest BCUT2D eigenvalue weighted by molar-refractivity contribution is 7.18. The molecule has 15 heavy (non-hydrogen) atoms. The highest BCUT2D eigenvalue weighted by Gasteiger charge is 1.99. The summed E-state index contributed by atoms with van der Waals surface area (Å²) in [5, 5.41) is 1.12. The molecule has 1 aromatic carbocycles. The Morgan fingerprint density at radius 2 is 2.13 bits per heavy atom. The van der Waals surface area contributed by atoms with Crippen LogP contribution in [0.15, 0.2) is 36.4 Å². The van der Waals surface area contributed by atoms with E-state index >= 15 is 0 Å². The van der Waals surface area contributed by atoms with Crippen LogP contribution in [0.1, 0.15) is 17.5 Å². The lowest BCUT2D eigenvalue weighted by Crippen LogP contribution is -1.71. The van der Waals surface area contributed by atoms with Crippen molar-refractivity contribution in [3.8, 4) is 0 Å². The summed E-state index contributed by atoms with van der Waals surface area (Å²) in [6.07, 6.45) is 8.21. The van der Waals surface area contributed by atoms with Gasteiger partial charge in [0.1, 0.15) is 0 Å². The number of benzene rings is 1. The van der Waals surface area contributed by atoms with Crippen molar-refractivity contribution in [3.63, 3.8) is 0 Å². The molecular weight excluding hydrogens is 202 g/mol. The summed E-state index contributed by atoms with van der Waals surface area (Å²) in [5.74, 6) is 0. The lowest BCUT2D eigenvalue weighted by Gasteiger charge is -1.91. The SMILES string of the molecule is C/C=C/C=C/c1ccc2nc(C)sc2c1. The number of hydrogen-bond donors (Lipinski definition) is 0. The van der Waals surface area contributed by atoms with Gasteiger partial charge in [-0.05, 0) is 31.5 Å². The molecule has 2 heteroatoms. The molecule has 0 atom stereocenters. The Hall–Kier alpha value is -1.41. The van der Waals surface area contributed by atoms with Crippen LogP contribution in [0, 0.1) is 6.92 Å². The number of nitrogens with zero attached hydrogens (tertiary/aromatic N) is 1. The van der Waals surface area contributed by atoms with Crippen molar-refractivity contribution in [3.05, 3.63) is 47.0 Å². The van der Waals surface area contributed by atoms with E-state index in [9.17, 15) is 0 Å². The molecular formula is C13H13NS. The topological polar surface area (TPSA) is 12.9 Å². The summed E-state index contributed by atoms with van der Waals surface area (Å²) >= 11 is 1.74. The van der Waals surface area contributed by atoms with Crippen LogP contribution >= 0.6 is 11.3 Å². The third-order valence-electron chi connectivity index (χ3n) is 2.11. The van der Waals surface area contributed by atoms with Gasteiger partial charge in [0.05, 0.1) is 15.2 Å². The molecule has 76 valence electrons. The van der Waals surface area contributed by atoms with Gasteiger partial charge >= 0.3 is 0 Å². The molecule has 1 heterocycles. The standard InChI is InChI=1S/C13H13NS/c1-3-4-5-6-11-7-8-12-13(9-11)15-10(2)14-12/h3-9H,1-2H3/b4-3+,6-5+. The van der Waals surface area contributed by atoms with Crippen LogP contribution in [0.25, 0.3) is 16.3 Å². The largest absolute Gasteiger partial charge is 0.242 e. The van der Waals surface area contributed by atoms with Crippen LogP contribution < -0.4 is 0 Å². The van der Waals surface area contributed by atoms with Gasteiger partial charge in [-0.1, -0.05) is 30.4 Å². The maximum absolute atomic E-state index is 4.43. The van der Waals surface area contributed by atoms with Crippen LogP contribution in [0.5, 0.6) is 0 Å². The predicted octanol–water partition coefficient (Wildman–Crippen LogP) is 4.19. The number of aromatic nitrogens is 1. The number of hydrogen-bond acceptors (Lipinski definition) is 2. The minimum Gasteiger partial charge on any atom is -0.242 e. The van der Waals surface area contributed by atoms with Gasteiger partial charge in [0.25, 0.3) is 0 Å². The molecule has 0 saturated heterocycles. The van der Waals surface area contributed by atoms with Crippen LogP contribution in [0.2, 0.25) is 0 Å². The third kappa shape index (κ3) is 2.34. The fraction of sp³-hybridized carbons (Fsp3) is 0.154. The summed E-state index contributed by atoms with van der Waals surface area (Å²) in [4.78, 5) is 4.43. The van der Waals surface area contributed by atoms with E-state index in [1.54, 1.807) is 11.3 Å². The molecule has 0 radical (unpaired) electrons. The zero-order valence-corrected chi connectivity index (χ0v) is 9.71. The molecule has 0 aliphatic rings. The minimum absolute atomic E-state index is 1.10. The van der Waals surface area contributed by atoms with Crippen molar-refractivity contribution in [1.29, 1.82) is 0 Å². The Morgan fingerprint density at radius 3 is 2.93 bits per heavy atom. The zero-order valence-electron chi connectivity index (χ0n) is 8.90. The van der Waals surface area contributed by atoms with Crippen molar-refractivity contribution >= 4 is 27.6 Å². The van der Waals surface area contributed by atoms with Crippen molar-refractivity contribution in [2.75, 3.05) is 0 Å². The molecule has 0 bridgehead atoms. The van der Waals surface area contributed by atoms with E-state index in [-0.39, 0.29) is 0 Å². The lowest BCUT2D eigenvalue weighted by molar-refractivity contribution is 1.35. The van der Waals surface area contributed by atoms with Crippen LogP contribution in [-0.2, 0) is 0 Å². The normalized spacial score (nSPS) is 12.1. The Morgan fingerprint density at radius 1 is 1.27 bits per heavy atom. The van der Waals surface area contributed by atoms with Gasteiger partial charge in [-0.3, -0.25) is 0 Å². The molecule has 1 nitrogen and oxygen atoms in total. The number of allylic oxidation sites excluding steroid dienone is 3. The smallest absolute Gasteiger partial charge is 0.0907 e. The van der Waals surface area contributed by atoms with Crippen molar-refractivity contribution in [2.24, 2.45) is 0 Å². The highest BCUT2D eigenvalue weighted by Crippen LogP contribution is 2.22. The second-order valence-corrected chi connectivity index (χ2v) is 4.58. The molecule has 0 aliphatic carbocycles. The first-order valence-corrected chi connectivity index (χ1v) is 5.78. The fourth-order valence-electron chi connectivity index (χ4n) is 1.44. The molecule has 1 aromatic heterocycles. The molecule has 2 aromatic rings. The first-order valence-electron chi connectivity index (χ1n) is 4.96. The molecule has 0 saturated carbocycles. The van der Waals surface area contributed by atoms with Crippen LogP contribution in [-0.4, -0.2) is 4.98 Å². The van der Waals surface area contributed by atoms with Gasteiger partial charge in [-0.15, -0.1) is 11.3 Å². The quantitative estimate of drug-likeness (QED) is 0.684. The zero-order chi connectivity index (χ0) is 10.7. The van der Waals surface area contributed by atoms with E-state index in [1.807, 2.05) is 26.0 Å². The summed E-state index contributed by atoms with van der Waals surface area (Å²) < 4.78 is 1.26. The predicted molar refractivity (Wildman–Crippen MR) is 68.2 cm³/mol. The van der Waals surface area contributed by atoms with E-state index in [0.29, 0.717) is 0 Å². The van der Waals surface area contributed by atoms with E-state index in [1.165, 1.54) is 10.3 Å².